The summed E-state index contributed by atoms with van der Waals surface area (Å²) in [6.07, 6.45) is 0. The molecule has 10 heavy (non-hydrogen) atoms. The quantitative estimate of drug-likeness (QED) is 0.433. The molecule has 61 valence electrons. The van der Waals surface area contributed by atoms with Crippen LogP contribution in [0, 0.1) is 0 Å². The molecule has 0 amide bonds. The van der Waals surface area contributed by atoms with Crippen LogP contribution >= 0.6 is 0 Å². The first-order chi connectivity index (χ1) is 4.52. The number of hydrogen-bond donors (Lipinski definition) is 0. The molecule has 1 radical (unpaired) electrons. The van der Waals surface area contributed by atoms with E-state index < -0.39 is 9.28 Å². The van der Waals surface area contributed by atoms with Crippen molar-refractivity contribution in [2.24, 2.45) is 0 Å². The van der Waals surface area contributed by atoms with Gasteiger partial charge in [-0.3, -0.25) is 0 Å². The van der Waals surface area contributed by atoms with Crippen LogP contribution < -0.4 is 0 Å². The molecule has 4 nitrogen and oxygen atoms in total. The molecule has 0 aromatic carbocycles. The van der Waals surface area contributed by atoms with E-state index in [1.807, 2.05) is 34.7 Å². The molecule has 0 unspecified atom stereocenters. The molecule has 0 aliphatic heterocycles. The van der Waals surface area contributed by atoms with Gasteiger partial charge >= 0.3 is 9.28 Å². The zero-order valence-electron chi connectivity index (χ0n) is 7.21. The Morgan fingerprint density at radius 1 is 0.900 bits per heavy atom. The molecular formula is C5H15N2O2Si. The van der Waals surface area contributed by atoms with Gasteiger partial charge in [-0.25, -0.2) is 10.1 Å². The maximum atomic E-state index is 5.23. The molecule has 5 heteroatoms. The van der Waals surface area contributed by atoms with Crippen LogP contribution in [0.15, 0.2) is 0 Å². The van der Waals surface area contributed by atoms with Gasteiger partial charge in [0.05, 0.1) is 0 Å². The molecule has 0 saturated heterocycles. The lowest BCUT2D eigenvalue weighted by Gasteiger charge is -2.18. The van der Waals surface area contributed by atoms with Crippen molar-refractivity contribution in [3.63, 3.8) is 0 Å². The van der Waals surface area contributed by atoms with Gasteiger partial charge in [-0.1, -0.05) is 0 Å². The molecule has 0 bridgehead atoms. The van der Waals surface area contributed by atoms with E-state index in [9.17, 15) is 0 Å². The van der Waals surface area contributed by atoms with Crippen LogP contribution in [0.3, 0.4) is 0 Å². The maximum absolute atomic E-state index is 5.23. The topological polar surface area (TPSA) is 24.9 Å². The highest BCUT2D eigenvalue weighted by atomic mass is 28.3. The summed E-state index contributed by atoms with van der Waals surface area (Å²) in [5, 5.41) is 3.30. The summed E-state index contributed by atoms with van der Waals surface area (Å²) in [5.74, 6) is 0. The smallest absolute Gasteiger partial charge is 0.306 e. The monoisotopic (exact) mass is 163 g/mol. The van der Waals surface area contributed by atoms with Gasteiger partial charge in [0.15, 0.2) is 0 Å². The average molecular weight is 163 g/mol. The van der Waals surface area contributed by atoms with Crippen LogP contribution in [-0.2, 0) is 9.05 Å². The van der Waals surface area contributed by atoms with Crippen molar-refractivity contribution in [1.82, 2.24) is 10.1 Å². The fraction of sp³-hybridized carbons (Fsp3) is 1.00. The Morgan fingerprint density at radius 3 is 1.40 bits per heavy atom. The van der Waals surface area contributed by atoms with E-state index in [2.05, 4.69) is 0 Å². The van der Waals surface area contributed by atoms with E-state index in [-0.39, 0.29) is 0 Å². The Labute approximate surface area is 64.1 Å². The molecule has 0 atom stereocenters. The van der Waals surface area contributed by atoms with Crippen molar-refractivity contribution >= 4 is 9.28 Å². The van der Waals surface area contributed by atoms with Gasteiger partial charge in [0, 0.05) is 28.2 Å². The summed E-state index contributed by atoms with van der Waals surface area (Å²) in [5.41, 5.74) is 0. The minimum absolute atomic E-state index is 1.14. The zero-order chi connectivity index (χ0) is 8.15. The maximum Gasteiger partial charge on any atom is 0.419 e. The summed E-state index contributed by atoms with van der Waals surface area (Å²) in [6.45, 7) is 1.94. The predicted molar refractivity (Wildman–Crippen MR) is 41.2 cm³/mol. The molecule has 0 aliphatic rings. The molecular weight excluding hydrogens is 148 g/mol. The van der Waals surface area contributed by atoms with Gasteiger partial charge in [-0.2, -0.15) is 0 Å². The summed E-state index contributed by atoms with van der Waals surface area (Å²) in [6, 6.07) is 0. The summed E-state index contributed by atoms with van der Waals surface area (Å²) in [4.78, 5) is 0. The first kappa shape index (κ1) is 10.1. The van der Waals surface area contributed by atoms with E-state index in [1.54, 1.807) is 10.1 Å². The van der Waals surface area contributed by atoms with Gasteiger partial charge in [-0.05, 0) is 6.55 Å². The third-order valence-electron chi connectivity index (χ3n) is 0.622. The zero-order valence-corrected chi connectivity index (χ0v) is 8.21. The van der Waals surface area contributed by atoms with E-state index in [0.29, 0.717) is 0 Å². The minimum Gasteiger partial charge on any atom is -0.306 e. The highest BCUT2D eigenvalue weighted by Crippen LogP contribution is 1.91. The second-order valence-corrected chi connectivity index (χ2v) is 3.65. The van der Waals surface area contributed by atoms with Crippen molar-refractivity contribution < 1.29 is 9.05 Å². The molecule has 0 aliphatic carbocycles. The number of hydroxylamine groups is 4. The Hall–Kier alpha value is 0.0569. The van der Waals surface area contributed by atoms with Crippen molar-refractivity contribution in [3.05, 3.63) is 0 Å². The third-order valence-corrected chi connectivity index (χ3v) is 1.87. The van der Waals surface area contributed by atoms with Crippen molar-refractivity contribution in [2.75, 3.05) is 28.2 Å². The van der Waals surface area contributed by atoms with E-state index in [4.69, 9.17) is 9.05 Å². The Morgan fingerprint density at radius 2 is 1.20 bits per heavy atom. The van der Waals surface area contributed by atoms with Gasteiger partial charge < -0.3 is 9.05 Å². The molecule has 0 fully saturated rings. The highest BCUT2D eigenvalue weighted by molar-refractivity contribution is 6.42. The normalized spacial score (nSPS) is 12.0. The van der Waals surface area contributed by atoms with Gasteiger partial charge in [0.2, 0.25) is 0 Å². The fourth-order valence-electron chi connectivity index (χ4n) is 0.531. The molecule has 0 rings (SSSR count). The Balaban J connectivity index is 3.34. The summed E-state index contributed by atoms with van der Waals surface area (Å²) in [7, 11) is 6.23. The Kier molecular flexibility index (Phi) is 4.84. The summed E-state index contributed by atoms with van der Waals surface area (Å²) < 4.78 is 10.5. The lowest BCUT2D eigenvalue weighted by atomic mass is 11.2. The van der Waals surface area contributed by atoms with E-state index >= 15 is 0 Å². The number of hydrogen-bond acceptors (Lipinski definition) is 4. The first-order valence-electron chi connectivity index (χ1n) is 3.06. The number of nitrogens with zero attached hydrogens (tertiary/aromatic N) is 2. The van der Waals surface area contributed by atoms with E-state index in [1.165, 1.54) is 0 Å². The lowest BCUT2D eigenvalue weighted by Crippen LogP contribution is -2.32. The second kappa shape index (κ2) is 4.81. The van der Waals surface area contributed by atoms with Crippen LogP contribution in [0.5, 0.6) is 0 Å². The Bertz CT molecular complexity index is 79.7. The first-order valence-corrected chi connectivity index (χ1v) is 4.88. The summed E-state index contributed by atoms with van der Waals surface area (Å²) >= 11 is 0. The van der Waals surface area contributed by atoms with Crippen molar-refractivity contribution in [2.45, 2.75) is 6.55 Å². The molecule has 0 spiro atoms. The van der Waals surface area contributed by atoms with Crippen LogP contribution in [0.1, 0.15) is 0 Å². The van der Waals surface area contributed by atoms with Crippen LogP contribution in [0.2, 0.25) is 6.55 Å². The molecule has 0 heterocycles. The molecule has 0 N–H and O–H groups in total. The largest absolute Gasteiger partial charge is 0.419 e. The van der Waals surface area contributed by atoms with Crippen molar-refractivity contribution in [3.8, 4) is 0 Å². The average Bonchev–Trinajstić information content (AvgIpc) is 1.58. The standard InChI is InChI=1S/C5H15N2O2Si/c1-6(2)8-10(5)9-7(3)4/h1-5H3. The lowest BCUT2D eigenvalue weighted by molar-refractivity contribution is -0.0918. The SMILES string of the molecule is CN(C)O[Si](C)ON(C)C. The highest BCUT2D eigenvalue weighted by Gasteiger charge is 2.10. The van der Waals surface area contributed by atoms with Gasteiger partial charge in [0.1, 0.15) is 0 Å². The fourth-order valence-corrected chi connectivity index (χ4v) is 1.59. The van der Waals surface area contributed by atoms with Gasteiger partial charge in [0.25, 0.3) is 0 Å². The van der Waals surface area contributed by atoms with Gasteiger partial charge in [-0.15, -0.1) is 0 Å². The predicted octanol–water partition coefficient (Wildman–Crippen LogP) is 0.0908. The van der Waals surface area contributed by atoms with Crippen molar-refractivity contribution in [1.29, 1.82) is 0 Å². The molecule has 0 aromatic rings. The number of rotatable bonds is 4. The third kappa shape index (κ3) is 6.18. The van der Waals surface area contributed by atoms with Crippen LogP contribution in [0.4, 0.5) is 0 Å². The van der Waals surface area contributed by atoms with Crippen LogP contribution in [-0.4, -0.2) is 47.6 Å². The minimum atomic E-state index is -1.14. The van der Waals surface area contributed by atoms with E-state index in [0.717, 1.165) is 0 Å². The van der Waals surface area contributed by atoms with Crippen LogP contribution in [0.25, 0.3) is 0 Å². The second-order valence-electron chi connectivity index (χ2n) is 2.30. The molecule has 0 aromatic heterocycles. The molecule has 0 saturated carbocycles.